The molecule has 1 heterocycles. The molecule has 3 aromatic rings. The van der Waals surface area contributed by atoms with E-state index >= 15 is 0 Å². The number of oxazole rings is 1. The summed E-state index contributed by atoms with van der Waals surface area (Å²) >= 11 is 0. The molecule has 0 amide bonds. The first-order valence-electron chi connectivity index (χ1n) is 7.54. The van der Waals surface area contributed by atoms with Crippen LogP contribution in [0.2, 0.25) is 0 Å². The number of aromatic nitrogens is 1. The van der Waals surface area contributed by atoms with E-state index in [-0.39, 0.29) is 10.5 Å². The molecule has 0 bridgehead atoms. The van der Waals surface area contributed by atoms with Gasteiger partial charge in [-0.2, -0.15) is 0 Å². The van der Waals surface area contributed by atoms with Gasteiger partial charge in [0.1, 0.15) is 0 Å². The van der Waals surface area contributed by atoms with Gasteiger partial charge in [-0.3, -0.25) is 9.29 Å². The Labute approximate surface area is 139 Å². The largest absolute Gasteiger partial charge is 0.419 e. The Morgan fingerprint density at radius 2 is 1.96 bits per heavy atom. The van der Waals surface area contributed by atoms with Gasteiger partial charge in [0.05, 0.1) is 16.1 Å². The van der Waals surface area contributed by atoms with E-state index in [0.29, 0.717) is 17.6 Å². The Bertz CT molecular complexity index is 1080. The van der Waals surface area contributed by atoms with Crippen LogP contribution in [0.4, 0.5) is 5.69 Å². The molecular formula is C17H18N2O4S. The number of rotatable bonds is 4. The predicted octanol–water partition coefficient (Wildman–Crippen LogP) is 2.80. The molecule has 2 aromatic carbocycles. The Morgan fingerprint density at radius 3 is 2.67 bits per heavy atom. The summed E-state index contributed by atoms with van der Waals surface area (Å²) in [4.78, 5) is 11.6. The highest BCUT2D eigenvalue weighted by Gasteiger charge is 2.19. The normalized spacial score (nSPS) is 11.8. The van der Waals surface area contributed by atoms with E-state index in [1.807, 2.05) is 32.0 Å². The number of nitrogens with one attached hydrogen (secondary N) is 1. The second-order valence-corrected chi connectivity index (χ2v) is 7.31. The molecule has 0 fully saturated rings. The minimum atomic E-state index is -3.78. The molecule has 0 radical (unpaired) electrons. The number of aryl methyl sites for hydroxylation is 3. The van der Waals surface area contributed by atoms with Crippen molar-refractivity contribution in [1.29, 1.82) is 0 Å². The van der Waals surface area contributed by atoms with Crippen LogP contribution in [-0.4, -0.2) is 13.0 Å². The van der Waals surface area contributed by atoms with Gasteiger partial charge < -0.3 is 4.42 Å². The van der Waals surface area contributed by atoms with Crippen LogP contribution < -0.4 is 10.5 Å². The van der Waals surface area contributed by atoms with Crippen molar-refractivity contribution in [2.24, 2.45) is 7.05 Å². The Morgan fingerprint density at radius 1 is 1.21 bits per heavy atom. The summed E-state index contributed by atoms with van der Waals surface area (Å²) in [5, 5.41) is 0. The molecule has 0 aliphatic carbocycles. The molecule has 7 heteroatoms. The maximum Gasteiger partial charge on any atom is 0.419 e. The van der Waals surface area contributed by atoms with Crippen LogP contribution in [0.5, 0.6) is 0 Å². The number of benzene rings is 2. The monoisotopic (exact) mass is 346 g/mol. The number of fused-ring (bicyclic) bond motifs is 1. The molecule has 0 saturated heterocycles. The van der Waals surface area contributed by atoms with Gasteiger partial charge in [0.15, 0.2) is 5.58 Å². The van der Waals surface area contributed by atoms with Gasteiger partial charge in [0, 0.05) is 13.1 Å². The zero-order chi connectivity index (χ0) is 17.5. The number of anilines is 1. The van der Waals surface area contributed by atoms with E-state index < -0.39 is 15.8 Å². The lowest BCUT2D eigenvalue weighted by atomic mass is 10.1. The third-order valence-corrected chi connectivity index (χ3v) is 5.40. The minimum Gasteiger partial charge on any atom is -0.408 e. The average Bonchev–Trinajstić information content (AvgIpc) is 2.83. The summed E-state index contributed by atoms with van der Waals surface area (Å²) in [5.41, 5.74) is 3.15. The van der Waals surface area contributed by atoms with E-state index in [2.05, 4.69) is 4.72 Å². The van der Waals surface area contributed by atoms with Gasteiger partial charge in [-0.1, -0.05) is 25.1 Å². The quantitative estimate of drug-likeness (QED) is 0.787. The van der Waals surface area contributed by atoms with Crippen molar-refractivity contribution >= 4 is 26.8 Å². The predicted molar refractivity (Wildman–Crippen MR) is 92.8 cm³/mol. The van der Waals surface area contributed by atoms with Gasteiger partial charge >= 0.3 is 5.76 Å². The molecule has 0 atom stereocenters. The number of nitrogens with zero attached hydrogens (tertiary/aromatic N) is 1. The van der Waals surface area contributed by atoms with Crippen molar-refractivity contribution in [1.82, 2.24) is 4.57 Å². The average molecular weight is 346 g/mol. The van der Waals surface area contributed by atoms with Crippen LogP contribution >= 0.6 is 0 Å². The Hall–Kier alpha value is -2.54. The Kier molecular flexibility index (Phi) is 3.96. The molecule has 126 valence electrons. The van der Waals surface area contributed by atoms with Gasteiger partial charge in [0.25, 0.3) is 10.0 Å². The fraction of sp³-hybridized carbons (Fsp3) is 0.235. The van der Waals surface area contributed by atoms with Crippen LogP contribution in [0.3, 0.4) is 0 Å². The first-order valence-corrected chi connectivity index (χ1v) is 9.02. The molecule has 6 nitrogen and oxygen atoms in total. The van der Waals surface area contributed by atoms with Crippen molar-refractivity contribution in [3.05, 3.63) is 58.1 Å². The van der Waals surface area contributed by atoms with Gasteiger partial charge in [-0.25, -0.2) is 13.2 Å². The highest BCUT2D eigenvalue weighted by molar-refractivity contribution is 7.92. The summed E-state index contributed by atoms with van der Waals surface area (Å²) in [7, 11) is -2.21. The van der Waals surface area contributed by atoms with Gasteiger partial charge in [-0.05, 0) is 36.6 Å². The number of hydrogen-bond donors (Lipinski definition) is 1. The number of para-hydroxylation sites is 1. The van der Waals surface area contributed by atoms with Crippen molar-refractivity contribution < 1.29 is 12.8 Å². The third kappa shape index (κ3) is 2.71. The summed E-state index contributed by atoms with van der Waals surface area (Å²) in [6.45, 7) is 3.83. The zero-order valence-corrected chi connectivity index (χ0v) is 14.5. The fourth-order valence-corrected chi connectivity index (χ4v) is 3.83. The smallest absolute Gasteiger partial charge is 0.408 e. The maximum atomic E-state index is 12.7. The molecule has 3 rings (SSSR count). The van der Waals surface area contributed by atoms with E-state index in [9.17, 15) is 13.2 Å². The summed E-state index contributed by atoms with van der Waals surface area (Å²) < 4.78 is 34.5. The maximum absolute atomic E-state index is 12.7. The second kappa shape index (κ2) is 5.83. The third-order valence-electron chi connectivity index (χ3n) is 4.05. The van der Waals surface area contributed by atoms with Crippen molar-refractivity contribution in [2.75, 3.05) is 4.72 Å². The van der Waals surface area contributed by atoms with Crippen LogP contribution in [0, 0.1) is 6.92 Å². The molecule has 0 unspecified atom stereocenters. The van der Waals surface area contributed by atoms with Crippen LogP contribution in [-0.2, 0) is 23.5 Å². The first-order chi connectivity index (χ1) is 11.3. The summed E-state index contributed by atoms with van der Waals surface area (Å²) in [5.74, 6) is -0.528. The fourth-order valence-electron chi connectivity index (χ4n) is 2.64. The summed E-state index contributed by atoms with van der Waals surface area (Å²) in [6, 6.07) is 10.0. The number of sulfonamides is 1. The molecule has 1 aromatic heterocycles. The van der Waals surface area contributed by atoms with Crippen molar-refractivity contribution in [2.45, 2.75) is 25.2 Å². The lowest BCUT2D eigenvalue weighted by molar-refractivity contribution is 0.527. The van der Waals surface area contributed by atoms with Crippen molar-refractivity contribution in [3.8, 4) is 0 Å². The Balaban J connectivity index is 2.07. The van der Waals surface area contributed by atoms with Crippen LogP contribution in [0.1, 0.15) is 18.1 Å². The van der Waals surface area contributed by atoms with E-state index in [1.165, 1.54) is 16.7 Å². The van der Waals surface area contributed by atoms with Gasteiger partial charge in [-0.15, -0.1) is 0 Å². The summed E-state index contributed by atoms with van der Waals surface area (Å²) in [6.07, 6.45) is 0.714. The van der Waals surface area contributed by atoms with E-state index in [4.69, 9.17) is 4.42 Å². The molecular weight excluding hydrogens is 328 g/mol. The van der Waals surface area contributed by atoms with E-state index in [0.717, 1.165) is 11.1 Å². The first kappa shape index (κ1) is 16.3. The molecule has 0 aliphatic rings. The zero-order valence-electron chi connectivity index (χ0n) is 13.7. The van der Waals surface area contributed by atoms with Crippen LogP contribution in [0.25, 0.3) is 11.1 Å². The molecule has 24 heavy (non-hydrogen) atoms. The SMILES string of the molecule is CCc1cccc(C)c1NS(=O)(=O)c1ccc2c(c1)oc(=O)n2C. The topological polar surface area (TPSA) is 81.3 Å². The molecule has 0 saturated carbocycles. The lowest BCUT2D eigenvalue weighted by Crippen LogP contribution is -2.15. The highest BCUT2D eigenvalue weighted by Crippen LogP contribution is 2.26. The number of hydrogen-bond acceptors (Lipinski definition) is 4. The van der Waals surface area contributed by atoms with Gasteiger partial charge in [0.2, 0.25) is 0 Å². The molecule has 1 N–H and O–H groups in total. The minimum absolute atomic E-state index is 0.0506. The lowest BCUT2D eigenvalue weighted by Gasteiger charge is -2.14. The highest BCUT2D eigenvalue weighted by atomic mass is 32.2. The second-order valence-electron chi connectivity index (χ2n) is 5.62. The van der Waals surface area contributed by atoms with Crippen molar-refractivity contribution in [3.63, 3.8) is 0 Å². The standard InChI is InChI=1S/C17H18N2O4S/c1-4-12-7-5-6-11(2)16(12)18-24(21,22)13-8-9-14-15(10-13)23-17(20)19(14)3/h5-10,18H,4H2,1-3H3. The molecule has 0 spiro atoms. The van der Waals surface area contributed by atoms with Crippen LogP contribution in [0.15, 0.2) is 50.5 Å². The molecule has 0 aliphatic heterocycles. The van der Waals surface area contributed by atoms with E-state index in [1.54, 1.807) is 13.1 Å².